The number of likely N-dealkylation sites (tertiary alicyclic amines) is 1. The molecule has 5 heteroatoms. The summed E-state index contributed by atoms with van der Waals surface area (Å²) in [5, 5.41) is 3.88. The molecule has 1 aromatic heterocycles. The van der Waals surface area contributed by atoms with Crippen LogP contribution in [-0.2, 0) is 7.05 Å². The van der Waals surface area contributed by atoms with E-state index in [1.807, 2.05) is 43.7 Å². The lowest BCUT2D eigenvalue weighted by Crippen LogP contribution is -2.36. The molecule has 1 saturated heterocycles. The largest absolute Gasteiger partial charge is 0.351 e. The SMILES string of the molecule is Cc1cc(C(=O)NC[C@@H](c2ccc(Cl)cc2)N2CCCC2)c(C)n1C. The number of hydrogen-bond donors (Lipinski definition) is 1. The predicted octanol–water partition coefficient (Wildman–Crippen LogP) is 3.86. The third-order valence-corrected chi connectivity index (χ3v) is 5.56. The van der Waals surface area contributed by atoms with Crippen molar-refractivity contribution in [1.82, 2.24) is 14.8 Å². The van der Waals surface area contributed by atoms with Crippen molar-refractivity contribution in [1.29, 1.82) is 0 Å². The summed E-state index contributed by atoms with van der Waals surface area (Å²) in [6, 6.07) is 10.1. The molecule has 1 aliphatic heterocycles. The molecule has 0 bridgehead atoms. The van der Waals surface area contributed by atoms with Crippen molar-refractivity contribution in [3.05, 3.63) is 57.9 Å². The van der Waals surface area contributed by atoms with Crippen LogP contribution in [0.15, 0.2) is 30.3 Å². The van der Waals surface area contributed by atoms with Gasteiger partial charge < -0.3 is 9.88 Å². The Morgan fingerprint density at radius 3 is 2.40 bits per heavy atom. The van der Waals surface area contributed by atoms with Crippen molar-refractivity contribution >= 4 is 17.5 Å². The Morgan fingerprint density at radius 2 is 1.84 bits per heavy atom. The quantitative estimate of drug-likeness (QED) is 0.880. The second kappa shape index (κ2) is 7.63. The molecule has 1 aromatic carbocycles. The second-order valence-corrected chi connectivity index (χ2v) is 7.30. The highest BCUT2D eigenvalue weighted by Gasteiger charge is 2.24. The van der Waals surface area contributed by atoms with Gasteiger partial charge in [-0.2, -0.15) is 0 Å². The molecule has 4 nitrogen and oxygen atoms in total. The molecule has 1 aliphatic rings. The van der Waals surface area contributed by atoms with Gasteiger partial charge in [0.2, 0.25) is 0 Å². The van der Waals surface area contributed by atoms with Gasteiger partial charge in [0.1, 0.15) is 0 Å². The van der Waals surface area contributed by atoms with Crippen molar-refractivity contribution in [3.63, 3.8) is 0 Å². The number of hydrogen-bond acceptors (Lipinski definition) is 2. The van der Waals surface area contributed by atoms with Crippen LogP contribution in [0.3, 0.4) is 0 Å². The molecule has 3 rings (SSSR count). The molecule has 0 radical (unpaired) electrons. The number of halogens is 1. The minimum Gasteiger partial charge on any atom is -0.351 e. The smallest absolute Gasteiger partial charge is 0.253 e. The van der Waals surface area contributed by atoms with Crippen LogP contribution in [0.25, 0.3) is 0 Å². The molecule has 1 fully saturated rings. The molecule has 134 valence electrons. The zero-order chi connectivity index (χ0) is 18.0. The summed E-state index contributed by atoms with van der Waals surface area (Å²) in [4.78, 5) is 15.1. The van der Waals surface area contributed by atoms with Crippen molar-refractivity contribution in [2.75, 3.05) is 19.6 Å². The van der Waals surface area contributed by atoms with Crippen molar-refractivity contribution in [2.45, 2.75) is 32.7 Å². The van der Waals surface area contributed by atoms with Crippen molar-refractivity contribution in [3.8, 4) is 0 Å². The molecule has 0 spiro atoms. The maximum atomic E-state index is 12.7. The third kappa shape index (κ3) is 3.91. The number of nitrogens with one attached hydrogen (secondary N) is 1. The van der Waals surface area contributed by atoms with Gasteiger partial charge in [-0.3, -0.25) is 9.69 Å². The summed E-state index contributed by atoms with van der Waals surface area (Å²) in [5.74, 6) is -0.000592. The fourth-order valence-electron chi connectivity index (χ4n) is 3.57. The van der Waals surface area contributed by atoms with E-state index in [0.29, 0.717) is 6.54 Å². The van der Waals surface area contributed by atoms with Crippen LogP contribution in [0.5, 0.6) is 0 Å². The van der Waals surface area contributed by atoms with E-state index in [-0.39, 0.29) is 11.9 Å². The van der Waals surface area contributed by atoms with E-state index in [1.165, 1.54) is 18.4 Å². The number of nitrogens with zero attached hydrogens (tertiary/aromatic N) is 2. The summed E-state index contributed by atoms with van der Waals surface area (Å²) >= 11 is 6.03. The van der Waals surface area contributed by atoms with Crippen LogP contribution in [0.2, 0.25) is 5.02 Å². The Labute approximate surface area is 154 Å². The van der Waals surface area contributed by atoms with Crippen LogP contribution in [0.1, 0.15) is 46.2 Å². The first kappa shape index (κ1) is 18.0. The Kier molecular flexibility index (Phi) is 5.50. The lowest BCUT2D eigenvalue weighted by atomic mass is 10.1. The van der Waals surface area contributed by atoms with E-state index >= 15 is 0 Å². The first-order chi connectivity index (χ1) is 12.0. The number of aromatic nitrogens is 1. The third-order valence-electron chi connectivity index (χ3n) is 5.31. The normalized spacial score (nSPS) is 16.2. The topological polar surface area (TPSA) is 37.3 Å². The van der Waals surface area contributed by atoms with Crippen molar-refractivity contribution in [2.24, 2.45) is 7.05 Å². The number of benzene rings is 1. The summed E-state index contributed by atoms with van der Waals surface area (Å²) in [6.07, 6.45) is 2.43. The van der Waals surface area contributed by atoms with Crippen LogP contribution in [0, 0.1) is 13.8 Å². The Balaban J connectivity index is 1.75. The molecular weight excluding hydrogens is 334 g/mol. The van der Waals surface area contributed by atoms with Gasteiger partial charge in [-0.25, -0.2) is 0 Å². The summed E-state index contributed by atoms with van der Waals surface area (Å²) in [6.45, 7) is 6.76. The van der Waals surface area contributed by atoms with E-state index in [2.05, 4.69) is 22.3 Å². The molecule has 1 N–H and O–H groups in total. The number of carbonyl (C=O) groups is 1. The minimum absolute atomic E-state index is 0.000592. The first-order valence-corrected chi connectivity index (χ1v) is 9.26. The van der Waals surface area contributed by atoms with Gasteiger partial charge in [-0.05, 0) is 63.5 Å². The molecule has 1 atom stereocenters. The van der Waals surface area contributed by atoms with E-state index in [4.69, 9.17) is 11.6 Å². The van der Waals surface area contributed by atoms with Gasteiger partial charge in [0.05, 0.1) is 11.6 Å². The van der Waals surface area contributed by atoms with Crippen LogP contribution < -0.4 is 5.32 Å². The molecule has 2 aromatic rings. The zero-order valence-corrected chi connectivity index (χ0v) is 15.9. The van der Waals surface area contributed by atoms with Crippen LogP contribution >= 0.6 is 11.6 Å². The van der Waals surface area contributed by atoms with Gasteiger partial charge >= 0.3 is 0 Å². The average Bonchev–Trinajstić information content (AvgIpc) is 3.21. The standard InChI is InChI=1S/C20H26ClN3O/c1-14-12-18(15(2)23(14)3)20(25)22-13-19(24-10-4-5-11-24)16-6-8-17(21)9-7-16/h6-9,12,19H,4-5,10-11,13H2,1-3H3,(H,22,25)/t19-/m0/s1. The Bertz CT molecular complexity index is 745. The van der Waals surface area contributed by atoms with E-state index < -0.39 is 0 Å². The molecule has 25 heavy (non-hydrogen) atoms. The fourth-order valence-corrected chi connectivity index (χ4v) is 3.69. The van der Waals surface area contributed by atoms with Gasteiger partial charge in [0.15, 0.2) is 0 Å². The van der Waals surface area contributed by atoms with Crippen LogP contribution in [-0.4, -0.2) is 35.0 Å². The molecule has 1 amide bonds. The van der Waals surface area contributed by atoms with Gasteiger partial charge in [0, 0.05) is 30.0 Å². The Hall–Kier alpha value is -1.78. The van der Waals surface area contributed by atoms with Crippen LogP contribution in [0.4, 0.5) is 0 Å². The predicted molar refractivity (Wildman–Crippen MR) is 102 cm³/mol. The fraction of sp³-hybridized carbons (Fsp3) is 0.450. The first-order valence-electron chi connectivity index (χ1n) is 8.88. The maximum Gasteiger partial charge on any atom is 0.253 e. The monoisotopic (exact) mass is 359 g/mol. The lowest BCUT2D eigenvalue weighted by Gasteiger charge is -2.28. The van der Waals surface area contributed by atoms with E-state index in [1.54, 1.807) is 0 Å². The zero-order valence-electron chi connectivity index (χ0n) is 15.2. The highest BCUT2D eigenvalue weighted by molar-refractivity contribution is 6.30. The Morgan fingerprint density at radius 1 is 1.20 bits per heavy atom. The number of aryl methyl sites for hydroxylation is 1. The van der Waals surface area contributed by atoms with Crippen molar-refractivity contribution < 1.29 is 4.79 Å². The minimum atomic E-state index is -0.000592. The summed E-state index contributed by atoms with van der Waals surface area (Å²) in [7, 11) is 1.99. The van der Waals surface area contributed by atoms with Gasteiger partial charge in [-0.1, -0.05) is 23.7 Å². The molecule has 0 saturated carbocycles. The summed E-state index contributed by atoms with van der Waals surface area (Å²) < 4.78 is 2.05. The number of carbonyl (C=O) groups excluding carboxylic acids is 1. The number of rotatable bonds is 5. The average molecular weight is 360 g/mol. The highest BCUT2D eigenvalue weighted by atomic mass is 35.5. The van der Waals surface area contributed by atoms with Gasteiger partial charge in [0.25, 0.3) is 5.91 Å². The number of amides is 1. The summed E-state index contributed by atoms with van der Waals surface area (Å²) in [5.41, 5.74) is 4.06. The lowest BCUT2D eigenvalue weighted by molar-refractivity contribution is 0.0937. The highest BCUT2D eigenvalue weighted by Crippen LogP contribution is 2.26. The van der Waals surface area contributed by atoms with Gasteiger partial charge in [-0.15, -0.1) is 0 Å². The maximum absolute atomic E-state index is 12.7. The molecule has 2 heterocycles. The molecule has 0 unspecified atom stereocenters. The molecular formula is C20H26ClN3O. The van der Waals surface area contributed by atoms with E-state index in [9.17, 15) is 4.79 Å². The van der Waals surface area contributed by atoms with E-state index in [0.717, 1.165) is 35.1 Å². The second-order valence-electron chi connectivity index (χ2n) is 6.86. The molecule has 0 aliphatic carbocycles.